The highest BCUT2D eigenvalue weighted by atomic mass is 16.5. The molecule has 390 valence electrons. The van der Waals surface area contributed by atoms with Crippen molar-refractivity contribution in [2.24, 2.45) is 0 Å². The summed E-state index contributed by atoms with van der Waals surface area (Å²) in [6.45, 7) is 4.83. The maximum atomic E-state index is 12.5. The topological polar surface area (TPSA) is 95.9 Å². The number of aliphatic hydroxyl groups excluding tert-OH is 2. The van der Waals surface area contributed by atoms with Gasteiger partial charge in [0.05, 0.1) is 25.4 Å². The second kappa shape index (κ2) is 56.2. The van der Waals surface area contributed by atoms with Gasteiger partial charge in [0.1, 0.15) is 0 Å². The molecule has 0 saturated carbocycles. The van der Waals surface area contributed by atoms with Gasteiger partial charge in [-0.25, -0.2) is 0 Å². The SMILES string of the molecule is CCCCCC/C=C\C/C=C\CCCCCCCC(=O)OCCCCC/C=C\C=C/CCCCCCCCCCCCC(=O)NC(CO)C(O)/C=C/CCCCCCCCCCCCCCC. The summed E-state index contributed by atoms with van der Waals surface area (Å²) in [5, 5.41) is 23.1. The fourth-order valence-electron chi connectivity index (χ4n) is 8.54. The first-order valence-corrected chi connectivity index (χ1v) is 29.1. The zero-order valence-corrected chi connectivity index (χ0v) is 44.4. The van der Waals surface area contributed by atoms with Crippen LogP contribution in [0.5, 0.6) is 0 Å². The molecule has 6 heteroatoms. The van der Waals surface area contributed by atoms with Gasteiger partial charge >= 0.3 is 5.97 Å². The van der Waals surface area contributed by atoms with Gasteiger partial charge < -0.3 is 20.3 Å². The van der Waals surface area contributed by atoms with Crippen molar-refractivity contribution in [2.45, 2.75) is 302 Å². The molecule has 0 aliphatic heterocycles. The summed E-state index contributed by atoms with van der Waals surface area (Å²) in [4.78, 5) is 24.5. The molecule has 6 nitrogen and oxygen atoms in total. The van der Waals surface area contributed by atoms with Gasteiger partial charge in [-0.2, -0.15) is 0 Å². The van der Waals surface area contributed by atoms with Crippen LogP contribution in [0.2, 0.25) is 0 Å². The molecule has 2 atom stereocenters. The van der Waals surface area contributed by atoms with E-state index in [9.17, 15) is 19.8 Å². The Balaban J connectivity index is 3.52. The van der Waals surface area contributed by atoms with E-state index in [1.54, 1.807) is 6.08 Å². The van der Waals surface area contributed by atoms with Gasteiger partial charge in [-0.15, -0.1) is 0 Å². The van der Waals surface area contributed by atoms with Crippen molar-refractivity contribution in [3.63, 3.8) is 0 Å². The molecule has 0 heterocycles. The van der Waals surface area contributed by atoms with Gasteiger partial charge in [0.25, 0.3) is 0 Å². The summed E-state index contributed by atoms with van der Waals surface area (Å²) in [6, 6.07) is -0.637. The van der Waals surface area contributed by atoms with E-state index < -0.39 is 12.1 Å². The molecule has 0 radical (unpaired) electrons. The molecule has 67 heavy (non-hydrogen) atoms. The Morgan fingerprint density at radius 3 is 1.24 bits per heavy atom. The van der Waals surface area contributed by atoms with Crippen LogP contribution < -0.4 is 5.32 Å². The molecule has 0 bridgehead atoms. The molecule has 0 spiro atoms. The van der Waals surface area contributed by atoms with Gasteiger partial charge in [-0.05, 0) is 96.3 Å². The van der Waals surface area contributed by atoms with Crippen molar-refractivity contribution >= 4 is 11.9 Å². The minimum atomic E-state index is -0.852. The van der Waals surface area contributed by atoms with Crippen LogP contribution in [-0.2, 0) is 14.3 Å². The Morgan fingerprint density at radius 2 is 0.791 bits per heavy atom. The van der Waals surface area contributed by atoms with E-state index in [4.69, 9.17) is 4.74 Å². The largest absolute Gasteiger partial charge is 0.466 e. The van der Waals surface area contributed by atoms with E-state index in [2.05, 4.69) is 67.8 Å². The number of nitrogens with one attached hydrogen (secondary N) is 1. The van der Waals surface area contributed by atoms with E-state index in [1.165, 1.54) is 173 Å². The highest BCUT2D eigenvalue weighted by Gasteiger charge is 2.18. The molecule has 0 aromatic carbocycles. The zero-order valence-electron chi connectivity index (χ0n) is 44.4. The predicted molar refractivity (Wildman–Crippen MR) is 292 cm³/mol. The fourth-order valence-corrected chi connectivity index (χ4v) is 8.54. The molecule has 1 amide bonds. The molecule has 0 aliphatic rings. The van der Waals surface area contributed by atoms with E-state index in [-0.39, 0.29) is 18.5 Å². The summed E-state index contributed by atoms with van der Waals surface area (Å²) in [6.07, 6.45) is 72.4. The molecular weight excluding hydrogens is 827 g/mol. The Bertz CT molecular complexity index is 1170. The highest BCUT2D eigenvalue weighted by molar-refractivity contribution is 5.76. The van der Waals surface area contributed by atoms with Crippen molar-refractivity contribution in [1.29, 1.82) is 0 Å². The van der Waals surface area contributed by atoms with Crippen molar-refractivity contribution < 1.29 is 24.5 Å². The number of carbonyl (C=O) groups excluding carboxylic acids is 2. The number of ether oxygens (including phenoxy) is 1. The number of rotatable bonds is 53. The summed E-state index contributed by atoms with van der Waals surface area (Å²) in [5.41, 5.74) is 0. The van der Waals surface area contributed by atoms with Crippen molar-refractivity contribution in [2.75, 3.05) is 13.2 Å². The number of amides is 1. The fraction of sp³-hybridized carbons (Fsp3) is 0.803. The third kappa shape index (κ3) is 52.8. The molecule has 3 N–H and O–H groups in total. The van der Waals surface area contributed by atoms with Crippen molar-refractivity contribution in [1.82, 2.24) is 5.32 Å². The summed E-state index contributed by atoms with van der Waals surface area (Å²) < 4.78 is 5.45. The minimum absolute atomic E-state index is 0.0283. The lowest BCUT2D eigenvalue weighted by Crippen LogP contribution is -2.45. The van der Waals surface area contributed by atoms with E-state index >= 15 is 0 Å². The number of aliphatic hydroxyl groups is 2. The normalized spacial score (nSPS) is 13.1. The molecule has 2 unspecified atom stereocenters. The van der Waals surface area contributed by atoms with Crippen LogP contribution in [0.4, 0.5) is 0 Å². The van der Waals surface area contributed by atoms with Gasteiger partial charge in [-0.1, -0.05) is 242 Å². The monoisotopic (exact) mass is 938 g/mol. The molecular formula is C61H111NO5. The van der Waals surface area contributed by atoms with Gasteiger partial charge in [0, 0.05) is 12.8 Å². The first-order valence-electron chi connectivity index (χ1n) is 29.1. The average Bonchev–Trinajstić information content (AvgIpc) is 3.33. The zero-order chi connectivity index (χ0) is 48.6. The van der Waals surface area contributed by atoms with Crippen LogP contribution in [0.3, 0.4) is 0 Å². The Kier molecular flexibility index (Phi) is 54.1. The lowest BCUT2D eigenvalue weighted by molar-refractivity contribution is -0.143. The van der Waals surface area contributed by atoms with Crippen LogP contribution in [-0.4, -0.2) is 47.4 Å². The third-order valence-electron chi connectivity index (χ3n) is 13.0. The number of allylic oxidation sites excluding steroid dienone is 9. The van der Waals surface area contributed by atoms with E-state index in [0.29, 0.717) is 19.4 Å². The Labute approximate surface area is 416 Å². The average molecular weight is 939 g/mol. The van der Waals surface area contributed by atoms with Crippen LogP contribution in [0, 0.1) is 0 Å². The molecule has 0 rings (SSSR count). The maximum Gasteiger partial charge on any atom is 0.305 e. The quantitative estimate of drug-likeness (QED) is 0.0244. The van der Waals surface area contributed by atoms with Crippen molar-refractivity contribution in [3.05, 3.63) is 60.8 Å². The predicted octanol–water partition coefficient (Wildman–Crippen LogP) is 18.0. The Morgan fingerprint density at radius 1 is 0.433 bits per heavy atom. The third-order valence-corrected chi connectivity index (χ3v) is 13.0. The molecule has 0 aromatic rings. The first-order chi connectivity index (χ1) is 33.0. The second-order valence-electron chi connectivity index (χ2n) is 19.6. The summed E-state index contributed by atoms with van der Waals surface area (Å²) >= 11 is 0. The summed E-state index contributed by atoms with van der Waals surface area (Å²) in [7, 11) is 0. The van der Waals surface area contributed by atoms with Crippen LogP contribution >= 0.6 is 0 Å². The van der Waals surface area contributed by atoms with E-state index in [1.807, 2.05) is 6.08 Å². The molecule has 0 aromatic heterocycles. The lowest BCUT2D eigenvalue weighted by atomic mass is 10.0. The summed E-state index contributed by atoms with van der Waals surface area (Å²) in [5.74, 6) is -0.107. The van der Waals surface area contributed by atoms with Gasteiger partial charge in [0.2, 0.25) is 5.91 Å². The molecule has 0 saturated heterocycles. The van der Waals surface area contributed by atoms with E-state index in [0.717, 1.165) is 89.9 Å². The molecule has 0 aliphatic carbocycles. The first kappa shape index (κ1) is 64.6. The number of hydrogen-bond acceptors (Lipinski definition) is 5. The number of esters is 1. The lowest BCUT2D eigenvalue weighted by Gasteiger charge is -2.20. The van der Waals surface area contributed by atoms with Gasteiger partial charge in [-0.3, -0.25) is 9.59 Å². The number of carbonyl (C=O) groups is 2. The smallest absolute Gasteiger partial charge is 0.305 e. The van der Waals surface area contributed by atoms with Gasteiger partial charge in [0.15, 0.2) is 0 Å². The number of unbranched alkanes of at least 4 members (excludes halogenated alkanes) is 35. The second-order valence-corrected chi connectivity index (χ2v) is 19.6. The van der Waals surface area contributed by atoms with Crippen LogP contribution in [0.1, 0.15) is 290 Å². The standard InChI is InChI=1S/C61H111NO5/c1-3-5-7-9-11-13-15-17-19-27-31-35-39-43-47-51-55-61(66)67-56-52-48-44-40-36-32-28-24-22-20-21-23-26-30-34-38-42-46-50-54-60(65)62-58(57-63)59(64)53-49-45-41-37-33-29-25-18-16-14-12-10-8-6-4-2/h13,15,19,24,27-28,32,36,49,53,58-59,63-64H,3-12,14,16-18,20-23,25-26,29-31,33-35,37-48,50-52,54-57H2,1-2H3,(H,62,65)/b15-13-,27-19-,28-24-,36-32-,53-49+. The molecule has 0 fully saturated rings. The highest BCUT2D eigenvalue weighted by Crippen LogP contribution is 2.15. The number of hydrogen-bond donors (Lipinski definition) is 3. The van der Waals surface area contributed by atoms with Crippen molar-refractivity contribution in [3.8, 4) is 0 Å². The van der Waals surface area contributed by atoms with Crippen LogP contribution in [0.25, 0.3) is 0 Å². The maximum absolute atomic E-state index is 12.5. The van der Waals surface area contributed by atoms with Crippen LogP contribution in [0.15, 0.2) is 60.8 Å². The Hall–Kier alpha value is -2.44. The minimum Gasteiger partial charge on any atom is -0.466 e.